The number of carboxylic acids is 1. The molecule has 6 nitrogen and oxygen atoms in total. The summed E-state index contributed by atoms with van der Waals surface area (Å²) >= 11 is 0. The van der Waals surface area contributed by atoms with Crippen LogP contribution in [-0.2, 0) is 11.3 Å². The zero-order chi connectivity index (χ0) is 12.1. The number of amides is 1. The summed E-state index contributed by atoms with van der Waals surface area (Å²) in [7, 11) is 0. The summed E-state index contributed by atoms with van der Waals surface area (Å²) in [6.45, 7) is 4.44. The van der Waals surface area contributed by atoms with E-state index in [-0.39, 0.29) is 6.54 Å². The predicted octanol–water partition coefficient (Wildman–Crippen LogP) is 0.353. The van der Waals surface area contributed by atoms with Crippen molar-refractivity contribution in [2.24, 2.45) is 5.92 Å². The Labute approximate surface area is 93.3 Å². The first kappa shape index (κ1) is 12.2. The van der Waals surface area contributed by atoms with Gasteiger partial charge >= 0.3 is 5.97 Å². The summed E-state index contributed by atoms with van der Waals surface area (Å²) in [5, 5.41) is 14.7. The molecule has 0 aromatic carbocycles. The molecular weight excluding hydrogens is 210 g/mol. The number of hydrogen-bond donors (Lipinski definition) is 2. The first-order valence-electron chi connectivity index (χ1n) is 5.01. The lowest BCUT2D eigenvalue weighted by Crippen LogP contribution is -2.28. The van der Waals surface area contributed by atoms with E-state index in [1.54, 1.807) is 10.9 Å². The van der Waals surface area contributed by atoms with Crippen LogP contribution in [0.3, 0.4) is 0 Å². The maximum atomic E-state index is 11.4. The third-order valence-corrected chi connectivity index (χ3v) is 1.85. The zero-order valence-corrected chi connectivity index (χ0v) is 9.30. The standard InChI is InChI=1S/C10H15N3O3/c1-7(2)5-13-6-8(3-12-13)10(16)11-4-9(14)15/h3,6-7H,4-5H2,1-2H3,(H,11,16)(H,14,15). The van der Waals surface area contributed by atoms with E-state index in [0.717, 1.165) is 6.54 Å². The molecule has 0 radical (unpaired) electrons. The fourth-order valence-corrected chi connectivity index (χ4v) is 1.21. The van der Waals surface area contributed by atoms with Crippen molar-refractivity contribution in [2.75, 3.05) is 6.54 Å². The summed E-state index contributed by atoms with van der Waals surface area (Å²) in [6.07, 6.45) is 3.04. The number of aliphatic carboxylic acids is 1. The summed E-state index contributed by atoms with van der Waals surface area (Å²) < 4.78 is 1.67. The molecule has 0 bridgehead atoms. The number of rotatable bonds is 5. The van der Waals surface area contributed by atoms with Crippen LogP contribution < -0.4 is 5.32 Å². The minimum Gasteiger partial charge on any atom is -0.480 e. The number of nitrogens with zero attached hydrogens (tertiary/aromatic N) is 2. The van der Waals surface area contributed by atoms with E-state index in [4.69, 9.17) is 5.11 Å². The van der Waals surface area contributed by atoms with E-state index in [9.17, 15) is 9.59 Å². The van der Waals surface area contributed by atoms with E-state index in [2.05, 4.69) is 10.4 Å². The molecule has 0 atom stereocenters. The van der Waals surface area contributed by atoms with Gasteiger partial charge in [0.1, 0.15) is 6.54 Å². The molecule has 0 aliphatic heterocycles. The van der Waals surface area contributed by atoms with Crippen LogP contribution in [0, 0.1) is 5.92 Å². The number of aromatic nitrogens is 2. The number of nitrogens with one attached hydrogen (secondary N) is 1. The SMILES string of the molecule is CC(C)Cn1cc(C(=O)NCC(=O)O)cn1. The monoisotopic (exact) mass is 225 g/mol. The van der Waals surface area contributed by atoms with Crippen LogP contribution in [0.4, 0.5) is 0 Å². The molecule has 0 unspecified atom stereocenters. The molecule has 0 spiro atoms. The summed E-state index contributed by atoms with van der Waals surface area (Å²) in [4.78, 5) is 21.7. The molecule has 88 valence electrons. The summed E-state index contributed by atoms with van der Waals surface area (Å²) in [5.41, 5.74) is 0.377. The minimum absolute atomic E-state index is 0.377. The molecule has 1 heterocycles. The van der Waals surface area contributed by atoms with Crippen molar-refractivity contribution >= 4 is 11.9 Å². The average molecular weight is 225 g/mol. The molecular formula is C10H15N3O3. The van der Waals surface area contributed by atoms with Gasteiger partial charge in [0.15, 0.2) is 0 Å². The van der Waals surface area contributed by atoms with Crippen molar-refractivity contribution in [3.8, 4) is 0 Å². The number of carboxylic acid groups (broad SMARTS) is 1. The van der Waals surface area contributed by atoms with Gasteiger partial charge in [-0.15, -0.1) is 0 Å². The Morgan fingerprint density at radius 2 is 2.25 bits per heavy atom. The third kappa shape index (κ3) is 3.72. The Bertz CT molecular complexity index is 384. The Kier molecular flexibility index (Phi) is 4.04. The van der Waals surface area contributed by atoms with Gasteiger partial charge in [-0.2, -0.15) is 5.10 Å². The second-order valence-electron chi connectivity index (χ2n) is 3.92. The van der Waals surface area contributed by atoms with Gasteiger partial charge in [0.25, 0.3) is 5.91 Å². The van der Waals surface area contributed by atoms with Gasteiger partial charge in [0.05, 0.1) is 11.8 Å². The molecule has 1 aromatic heterocycles. The van der Waals surface area contributed by atoms with Crippen molar-refractivity contribution in [3.05, 3.63) is 18.0 Å². The lowest BCUT2D eigenvalue weighted by molar-refractivity contribution is -0.135. The minimum atomic E-state index is -1.07. The van der Waals surface area contributed by atoms with Crippen molar-refractivity contribution < 1.29 is 14.7 Å². The van der Waals surface area contributed by atoms with Gasteiger partial charge < -0.3 is 10.4 Å². The molecule has 0 saturated carbocycles. The second kappa shape index (κ2) is 5.29. The highest BCUT2D eigenvalue weighted by Crippen LogP contribution is 2.01. The summed E-state index contributed by atoms with van der Waals surface area (Å²) in [5.74, 6) is -1.05. The van der Waals surface area contributed by atoms with Gasteiger partial charge in [-0.05, 0) is 5.92 Å². The smallest absolute Gasteiger partial charge is 0.322 e. The first-order chi connectivity index (χ1) is 7.49. The van der Waals surface area contributed by atoms with Gasteiger partial charge in [-0.3, -0.25) is 14.3 Å². The Morgan fingerprint density at radius 1 is 1.56 bits per heavy atom. The number of carbonyl (C=O) groups excluding carboxylic acids is 1. The predicted molar refractivity (Wildman–Crippen MR) is 57.0 cm³/mol. The van der Waals surface area contributed by atoms with Crippen molar-refractivity contribution in [2.45, 2.75) is 20.4 Å². The fraction of sp³-hybridized carbons (Fsp3) is 0.500. The van der Waals surface area contributed by atoms with Crippen LogP contribution in [0.5, 0.6) is 0 Å². The second-order valence-corrected chi connectivity index (χ2v) is 3.92. The largest absolute Gasteiger partial charge is 0.480 e. The molecule has 0 fully saturated rings. The lowest BCUT2D eigenvalue weighted by atomic mass is 10.2. The van der Waals surface area contributed by atoms with E-state index in [1.165, 1.54) is 6.20 Å². The van der Waals surface area contributed by atoms with Gasteiger partial charge in [-0.1, -0.05) is 13.8 Å². The van der Waals surface area contributed by atoms with Gasteiger partial charge in [0.2, 0.25) is 0 Å². The average Bonchev–Trinajstić information content (AvgIpc) is 2.61. The van der Waals surface area contributed by atoms with E-state index in [0.29, 0.717) is 11.5 Å². The molecule has 0 aliphatic carbocycles. The molecule has 6 heteroatoms. The quantitative estimate of drug-likeness (QED) is 0.757. The Morgan fingerprint density at radius 3 is 2.81 bits per heavy atom. The highest BCUT2D eigenvalue weighted by Gasteiger charge is 2.09. The summed E-state index contributed by atoms with van der Waals surface area (Å²) in [6, 6.07) is 0. The van der Waals surface area contributed by atoms with Gasteiger partial charge in [0, 0.05) is 12.7 Å². The topological polar surface area (TPSA) is 84.2 Å². The van der Waals surface area contributed by atoms with Gasteiger partial charge in [-0.25, -0.2) is 0 Å². The lowest BCUT2D eigenvalue weighted by Gasteiger charge is -2.03. The molecule has 1 amide bonds. The van der Waals surface area contributed by atoms with E-state index < -0.39 is 11.9 Å². The van der Waals surface area contributed by atoms with E-state index in [1.807, 2.05) is 13.8 Å². The molecule has 16 heavy (non-hydrogen) atoms. The van der Waals surface area contributed by atoms with Crippen LogP contribution in [0.25, 0.3) is 0 Å². The third-order valence-electron chi connectivity index (χ3n) is 1.85. The molecule has 0 saturated heterocycles. The highest BCUT2D eigenvalue weighted by atomic mass is 16.4. The maximum absolute atomic E-state index is 11.4. The molecule has 1 aromatic rings. The first-order valence-corrected chi connectivity index (χ1v) is 5.01. The van der Waals surface area contributed by atoms with Crippen LogP contribution in [-0.4, -0.2) is 33.3 Å². The van der Waals surface area contributed by atoms with E-state index >= 15 is 0 Å². The van der Waals surface area contributed by atoms with Crippen molar-refractivity contribution in [1.29, 1.82) is 0 Å². The Balaban J connectivity index is 2.56. The number of carbonyl (C=O) groups is 2. The van der Waals surface area contributed by atoms with Crippen LogP contribution >= 0.6 is 0 Å². The molecule has 1 rings (SSSR count). The van der Waals surface area contributed by atoms with Crippen LogP contribution in [0.1, 0.15) is 24.2 Å². The fourth-order valence-electron chi connectivity index (χ4n) is 1.21. The molecule has 0 aliphatic rings. The normalized spacial score (nSPS) is 10.4. The van der Waals surface area contributed by atoms with Crippen molar-refractivity contribution in [3.63, 3.8) is 0 Å². The maximum Gasteiger partial charge on any atom is 0.322 e. The van der Waals surface area contributed by atoms with Crippen LogP contribution in [0.2, 0.25) is 0 Å². The van der Waals surface area contributed by atoms with Crippen molar-refractivity contribution in [1.82, 2.24) is 15.1 Å². The highest BCUT2D eigenvalue weighted by molar-refractivity contribution is 5.95. The molecule has 2 N–H and O–H groups in total. The number of hydrogen-bond acceptors (Lipinski definition) is 3. The van der Waals surface area contributed by atoms with Crippen LogP contribution in [0.15, 0.2) is 12.4 Å². The zero-order valence-electron chi connectivity index (χ0n) is 9.30. The Hall–Kier alpha value is -1.85.